The first-order chi connectivity index (χ1) is 13.5. The molecule has 7 heteroatoms. The van der Waals surface area contributed by atoms with Gasteiger partial charge >= 0.3 is 0 Å². The number of H-pyrrole nitrogens is 1. The second-order valence-corrected chi connectivity index (χ2v) is 6.77. The summed E-state index contributed by atoms with van der Waals surface area (Å²) < 4.78 is 1.56. The smallest absolute Gasteiger partial charge is 0.273 e. The molecule has 1 amide bonds. The van der Waals surface area contributed by atoms with Gasteiger partial charge in [-0.2, -0.15) is 5.10 Å². The van der Waals surface area contributed by atoms with Crippen molar-refractivity contribution in [2.45, 2.75) is 19.9 Å². The van der Waals surface area contributed by atoms with Crippen molar-refractivity contribution in [1.82, 2.24) is 19.7 Å². The van der Waals surface area contributed by atoms with Gasteiger partial charge in [-0.05, 0) is 38.1 Å². The monoisotopic (exact) mass is 373 g/mol. The molecule has 0 fully saturated rings. The molecule has 0 aliphatic heterocycles. The van der Waals surface area contributed by atoms with Crippen LogP contribution >= 0.6 is 0 Å². The Bertz CT molecular complexity index is 1210. The zero-order valence-corrected chi connectivity index (χ0v) is 15.5. The molecule has 7 nitrogen and oxygen atoms in total. The van der Waals surface area contributed by atoms with Gasteiger partial charge in [-0.25, -0.2) is 4.98 Å². The van der Waals surface area contributed by atoms with Gasteiger partial charge in [0.2, 0.25) is 0 Å². The van der Waals surface area contributed by atoms with Crippen molar-refractivity contribution in [3.8, 4) is 11.3 Å². The summed E-state index contributed by atoms with van der Waals surface area (Å²) >= 11 is 0. The third-order valence-electron chi connectivity index (χ3n) is 4.49. The lowest BCUT2D eigenvalue weighted by Crippen LogP contribution is -2.22. The average molecular weight is 373 g/mol. The highest BCUT2D eigenvalue weighted by atomic mass is 16.2. The maximum atomic E-state index is 12.6. The minimum Gasteiger partial charge on any atom is -0.321 e. The molecule has 0 saturated carbocycles. The van der Waals surface area contributed by atoms with Gasteiger partial charge < -0.3 is 5.32 Å². The van der Waals surface area contributed by atoms with Crippen molar-refractivity contribution in [3.05, 3.63) is 77.0 Å². The molecule has 0 radical (unpaired) electrons. The van der Waals surface area contributed by atoms with E-state index in [2.05, 4.69) is 20.5 Å². The number of hydrogen-bond acceptors (Lipinski definition) is 4. The molecule has 2 aromatic heterocycles. The summed E-state index contributed by atoms with van der Waals surface area (Å²) in [5, 5.41) is 10.2. The number of fused-ring (bicyclic) bond motifs is 1. The highest BCUT2D eigenvalue weighted by Gasteiger charge is 2.13. The highest BCUT2D eigenvalue weighted by molar-refractivity contribution is 6.04. The van der Waals surface area contributed by atoms with Gasteiger partial charge in [0.15, 0.2) is 0 Å². The van der Waals surface area contributed by atoms with Gasteiger partial charge in [0.1, 0.15) is 5.69 Å². The molecule has 0 aliphatic rings. The van der Waals surface area contributed by atoms with E-state index in [4.69, 9.17) is 0 Å². The quantitative estimate of drug-likeness (QED) is 0.571. The summed E-state index contributed by atoms with van der Waals surface area (Å²) in [6.45, 7) is 3.84. The van der Waals surface area contributed by atoms with Gasteiger partial charge in [-0.15, -0.1) is 0 Å². The van der Waals surface area contributed by atoms with Crippen LogP contribution in [0.3, 0.4) is 0 Å². The highest BCUT2D eigenvalue weighted by Crippen LogP contribution is 2.19. The van der Waals surface area contributed by atoms with Crippen LogP contribution in [0.25, 0.3) is 22.2 Å². The van der Waals surface area contributed by atoms with Crippen LogP contribution in [0, 0.1) is 0 Å². The Balaban J connectivity index is 1.61. The van der Waals surface area contributed by atoms with Crippen molar-refractivity contribution >= 4 is 22.5 Å². The fraction of sp³-hybridized carbons (Fsp3) is 0.143. The molecule has 0 aliphatic carbocycles. The zero-order chi connectivity index (χ0) is 19.7. The van der Waals surface area contributed by atoms with Gasteiger partial charge in [0.25, 0.3) is 11.5 Å². The fourth-order valence-electron chi connectivity index (χ4n) is 2.97. The van der Waals surface area contributed by atoms with Crippen LogP contribution in [0.4, 0.5) is 5.69 Å². The molecule has 2 heterocycles. The van der Waals surface area contributed by atoms with Crippen molar-refractivity contribution in [2.24, 2.45) is 0 Å². The molecule has 0 bridgehead atoms. The molecule has 2 N–H and O–H groups in total. The van der Waals surface area contributed by atoms with Crippen molar-refractivity contribution < 1.29 is 4.79 Å². The van der Waals surface area contributed by atoms with Crippen LogP contribution in [0.1, 0.15) is 30.4 Å². The van der Waals surface area contributed by atoms with Crippen LogP contribution in [0.5, 0.6) is 0 Å². The number of hydrogen-bond donors (Lipinski definition) is 2. The fourth-order valence-corrected chi connectivity index (χ4v) is 2.97. The Hall–Kier alpha value is -3.74. The Labute approximate surface area is 161 Å². The largest absolute Gasteiger partial charge is 0.321 e. The summed E-state index contributed by atoms with van der Waals surface area (Å²) in [5.41, 5.74) is 2.92. The summed E-state index contributed by atoms with van der Waals surface area (Å²) in [5.74, 6) is -0.331. The van der Waals surface area contributed by atoms with Gasteiger partial charge in [0.05, 0.1) is 22.9 Å². The molecule has 4 aromatic rings. The standard InChI is InChI=1S/C21H19N5O2/c1-13(2)26-12-22-17-9-8-15(10-16(17)21(26)28)23-20(27)19-11-18(24-25-19)14-6-4-3-5-7-14/h3-13H,1-2H3,(H,23,27)(H,24,25). The first-order valence-corrected chi connectivity index (χ1v) is 8.96. The maximum absolute atomic E-state index is 12.6. The number of anilines is 1. The molecule has 0 atom stereocenters. The maximum Gasteiger partial charge on any atom is 0.273 e. The SMILES string of the molecule is CC(C)n1cnc2ccc(NC(=O)c3cc(-c4ccccc4)n[nH]3)cc2c1=O. The normalized spacial score (nSPS) is 11.1. The number of nitrogens with one attached hydrogen (secondary N) is 2. The predicted octanol–water partition coefficient (Wildman–Crippen LogP) is 3.62. The minimum atomic E-state index is -0.331. The molecule has 0 unspecified atom stereocenters. The first-order valence-electron chi connectivity index (χ1n) is 8.96. The molecular formula is C21H19N5O2. The molecule has 0 saturated heterocycles. The lowest BCUT2D eigenvalue weighted by molar-refractivity contribution is 0.102. The van der Waals surface area contributed by atoms with Crippen molar-refractivity contribution in [1.29, 1.82) is 0 Å². The van der Waals surface area contributed by atoms with E-state index >= 15 is 0 Å². The van der Waals surface area contributed by atoms with Crippen LogP contribution in [-0.2, 0) is 0 Å². The molecular weight excluding hydrogens is 354 g/mol. The molecule has 0 spiro atoms. The summed E-state index contributed by atoms with van der Waals surface area (Å²) in [6.07, 6.45) is 1.54. The lowest BCUT2D eigenvalue weighted by Gasteiger charge is -2.10. The average Bonchev–Trinajstić information content (AvgIpc) is 3.19. The lowest BCUT2D eigenvalue weighted by atomic mass is 10.1. The van der Waals surface area contributed by atoms with E-state index in [9.17, 15) is 9.59 Å². The van der Waals surface area contributed by atoms with Gasteiger partial charge in [-0.1, -0.05) is 30.3 Å². The van der Waals surface area contributed by atoms with Crippen molar-refractivity contribution in [2.75, 3.05) is 5.32 Å². The Morgan fingerprint density at radius 3 is 2.64 bits per heavy atom. The summed E-state index contributed by atoms with van der Waals surface area (Å²) in [4.78, 5) is 29.5. The van der Waals surface area contributed by atoms with Crippen molar-refractivity contribution in [3.63, 3.8) is 0 Å². The van der Waals surface area contributed by atoms with Gasteiger partial charge in [-0.3, -0.25) is 19.3 Å². The number of nitrogens with zero attached hydrogens (tertiary/aromatic N) is 3. The van der Waals surface area contributed by atoms with E-state index in [1.54, 1.807) is 35.2 Å². The number of carbonyl (C=O) groups is 1. The molecule has 4 rings (SSSR count). The molecule has 140 valence electrons. The zero-order valence-electron chi connectivity index (χ0n) is 15.5. The number of benzene rings is 2. The third-order valence-corrected chi connectivity index (χ3v) is 4.49. The van der Waals surface area contributed by atoms with E-state index in [0.717, 1.165) is 5.56 Å². The van der Waals surface area contributed by atoms with Crippen LogP contribution in [0.15, 0.2) is 65.7 Å². The Kier molecular flexibility index (Phi) is 4.49. The van der Waals surface area contributed by atoms with E-state index in [0.29, 0.717) is 28.0 Å². The van der Waals surface area contributed by atoms with E-state index < -0.39 is 0 Å². The van der Waals surface area contributed by atoms with E-state index in [1.807, 2.05) is 44.2 Å². The van der Waals surface area contributed by atoms with E-state index in [-0.39, 0.29) is 17.5 Å². The number of rotatable bonds is 4. The number of aromatic nitrogens is 4. The predicted molar refractivity (Wildman–Crippen MR) is 108 cm³/mol. The minimum absolute atomic E-state index is 0.00375. The Morgan fingerprint density at radius 2 is 1.89 bits per heavy atom. The van der Waals surface area contributed by atoms with E-state index in [1.165, 1.54) is 0 Å². The van der Waals surface area contributed by atoms with Crippen LogP contribution in [0.2, 0.25) is 0 Å². The number of amides is 1. The van der Waals surface area contributed by atoms with Gasteiger partial charge in [0, 0.05) is 17.3 Å². The number of aromatic amines is 1. The topological polar surface area (TPSA) is 92.7 Å². The van der Waals surface area contributed by atoms with Crippen LogP contribution < -0.4 is 10.9 Å². The number of carbonyl (C=O) groups excluding carboxylic acids is 1. The third kappa shape index (κ3) is 3.29. The second-order valence-electron chi connectivity index (χ2n) is 6.77. The first kappa shape index (κ1) is 17.7. The van der Waals surface area contributed by atoms with Crippen LogP contribution in [-0.4, -0.2) is 25.7 Å². The Morgan fingerprint density at radius 1 is 1.11 bits per heavy atom. The summed E-state index contributed by atoms with van der Waals surface area (Å²) in [7, 11) is 0. The second kappa shape index (κ2) is 7.11. The molecule has 2 aromatic carbocycles. The summed E-state index contributed by atoms with van der Waals surface area (Å²) in [6, 6.07) is 16.4. The molecule has 28 heavy (non-hydrogen) atoms.